The maximum absolute atomic E-state index is 4.67. The van der Waals surface area contributed by atoms with Crippen LogP contribution in [-0.4, -0.2) is 27.1 Å². The summed E-state index contributed by atoms with van der Waals surface area (Å²) < 4.78 is 2.00. The van der Waals surface area contributed by atoms with Crippen molar-refractivity contribution in [3.63, 3.8) is 0 Å². The van der Waals surface area contributed by atoms with Crippen molar-refractivity contribution in [1.29, 1.82) is 0 Å². The lowest BCUT2D eigenvalue weighted by molar-refractivity contribution is -0.360. The van der Waals surface area contributed by atoms with Gasteiger partial charge in [-0.05, 0) is 25.0 Å². The molecular weight excluding hydrogens is 244 g/mol. The molecule has 0 saturated heterocycles. The van der Waals surface area contributed by atoms with Gasteiger partial charge in [-0.2, -0.15) is 0 Å². The van der Waals surface area contributed by atoms with Crippen LogP contribution in [0.15, 0.2) is 35.5 Å². The Kier molecular flexibility index (Phi) is 3.34. The zero-order valence-electron chi connectivity index (χ0n) is 10.2. The van der Waals surface area contributed by atoms with Crippen LogP contribution in [0.5, 0.6) is 0 Å². The molecule has 3 rings (SSSR count). The van der Waals surface area contributed by atoms with Gasteiger partial charge < -0.3 is 5.73 Å². The van der Waals surface area contributed by atoms with Crippen LogP contribution in [0.3, 0.4) is 0 Å². The summed E-state index contributed by atoms with van der Waals surface area (Å²) in [4.78, 5) is 4.67. The molecule has 94 valence electrons. The Balaban J connectivity index is 1.94. The number of thioether (sulfide) groups is 1. The summed E-state index contributed by atoms with van der Waals surface area (Å²) in [7, 11) is 0. The molecule has 0 atom stereocenters. The molecule has 0 amide bonds. The molecule has 1 aliphatic carbocycles. The third-order valence-electron chi connectivity index (χ3n) is 2.93. The highest BCUT2D eigenvalue weighted by Gasteiger charge is 2.30. The molecule has 0 unspecified atom stereocenters. The van der Waals surface area contributed by atoms with Crippen molar-refractivity contribution in [2.24, 2.45) is 0 Å². The van der Waals surface area contributed by atoms with E-state index in [1.54, 1.807) is 11.8 Å². The minimum atomic E-state index is 0.604. The first-order valence-corrected chi connectivity index (χ1v) is 7.31. The third-order valence-corrected chi connectivity index (χ3v) is 3.86. The fourth-order valence-electron chi connectivity index (χ4n) is 1.89. The highest BCUT2D eigenvalue weighted by atomic mass is 32.2. The van der Waals surface area contributed by atoms with Gasteiger partial charge in [0.15, 0.2) is 0 Å². The second-order valence-electron chi connectivity index (χ2n) is 4.48. The van der Waals surface area contributed by atoms with E-state index in [9.17, 15) is 0 Å². The van der Waals surface area contributed by atoms with E-state index < -0.39 is 0 Å². The van der Waals surface area contributed by atoms with Crippen LogP contribution < -0.4 is 5.73 Å². The van der Waals surface area contributed by atoms with E-state index in [1.807, 2.05) is 22.9 Å². The highest BCUT2D eigenvalue weighted by molar-refractivity contribution is 7.99. The molecule has 1 fully saturated rings. The van der Waals surface area contributed by atoms with Crippen LogP contribution in [0.25, 0.3) is 5.69 Å². The standard InChI is InChI=1S/C13H16N4S/c14-8-9-18-13-15-12(10-6-7-10)17(16-13)11-4-2-1-3-5-11/h1-5,10H,6-9,14H2/p+1. The van der Waals surface area contributed by atoms with Crippen LogP contribution in [0.2, 0.25) is 0 Å². The molecule has 1 heterocycles. The van der Waals surface area contributed by atoms with Gasteiger partial charge in [0.1, 0.15) is 5.82 Å². The average molecular weight is 261 g/mol. The van der Waals surface area contributed by atoms with Gasteiger partial charge in [-0.3, -0.25) is 0 Å². The number of hydrogen-bond donors (Lipinski definition) is 1. The molecule has 0 aliphatic heterocycles. The molecule has 0 bridgehead atoms. The number of nitrogens with zero attached hydrogens (tertiary/aromatic N) is 3. The van der Waals surface area contributed by atoms with E-state index in [0.717, 1.165) is 29.0 Å². The van der Waals surface area contributed by atoms with Crippen molar-refractivity contribution >= 4 is 11.8 Å². The molecular formula is C13H17N4S+. The summed E-state index contributed by atoms with van der Waals surface area (Å²) in [6.07, 6.45) is 2.48. The number of rotatable bonds is 5. The summed E-state index contributed by atoms with van der Waals surface area (Å²) in [6, 6.07) is 10.3. The van der Waals surface area contributed by atoms with Crippen LogP contribution in [0, 0.1) is 0 Å². The Morgan fingerprint density at radius 1 is 1.28 bits per heavy atom. The van der Waals surface area contributed by atoms with Crippen molar-refractivity contribution in [3.05, 3.63) is 36.2 Å². The molecule has 0 radical (unpaired) electrons. The lowest BCUT2D eigenvalue weighted by Crippen LogP contribution is -2.51. The maximum atomic E-state index is 4.67. The first kappa shape index (κ1) is 11.7. The summed E-state index contributed by atoms with van der Waals surface area (Å²) in [6.45, 7) is 0.906. The predicted molar refractivity (Wildman–Crippen MR) is 71.8 cm³/mol. The van der Waals surface area contributed by atoms with Gasteiger partial charge in [-0.1, -0.05) is 30.0 Å². The average Bonchev–Trinajstić information content (AvgIpc) is 3.18. The minimum absolute atomic E-state index is 0.604. The minimum Gasteiger partial charge on any atom is -0.357 e. The summed E-state index contributed by atoms with van der Waals surface area (Å²) >= 11 is 1.69. The molecule has 1 saturated carbocycles. The molecule has 1 aromatic heterocycles. The first-order chi connectivity index (χ1) is 8.88. The van der Waals surface area contributed by atoms with Gasteiger partial charge >= 0.3 is 0 Å². The van der Waals surface area contributed by atoms with Crippen LogP contribution in [0.1, 0.15) is 24.6 Å². The fraction of sp³-hybridized carbons (Fsp3) is 0.385. The van der Waals surface area contributed by atoms with E-state index in [1.165, 1.54) is 12.8 Å². The van der Waals surface area contributed by atoms with Crippen LogP contribution >= 0.6 is 11.8 Å². The van der Waals surface area contributed by atoms with Crippen molar-refractivity contribution in [3.8, 4) is 5.69 Å². The van der Waals surface area contributed by atoms with E-state index in [0.29, 0.717) is 5.92 Å². The Labute approximate surface area is 111 Å². The maximum Gasteiger partial charge on any atom is 0.209 e. The normalized spacial score (nSPS) is 14.9. The Hall–Kier alpha value is -1.33. The van der Waals surface area contributed by atoms with E-state index in [-0.39, 0.29) is 0 Å². The smallest absolute Gasteiger partial charge is 0.209 e. The second-order valence-corrected chi connectivity index (χ2v) is 5.54. The van der Waals surface area contributed by atoms with E-state index in [2.05, 4.69) is 27.9 Å². The SMILES string of the molecule is [NH3+]CCSc1nc(C2CC2)n(-c2ccccc2)n1. The van der Waals surface area contributed by atoms with Crippen LogP contribution in [-0.2, 0) is 0 Å². The molecule has 3 N–H and O–H groups in total. The van der Waals surface area contributed by atoms with Crippen molar-refractivity contribution in [2.75, 3.05) is 12.3 Å². The monoisotopic (exact) mass is 261 g/mol. The lowest BCUT2D eigenvalue weighted by Gasteiger charge is -2.03. The zero-order valence-corrected chi connectivity index (χ0v) is 11.1. The van der Waals surface area contributed by atoms with Crippen molar-refractivity contribution in [2.45, 2.75) is 23.9 Å². The van der Waals surface area contributed by atoms with E-state index in [4.69, 9.17) is 0 Å². The Bertz CT molecular complexity index is 519. The summed E-state index contributed by atoms with van der Waals surface area (Å²) in [5.74, 6) is 2.70. The predicted octanol–water partition coefficient (Wildman–Crippen LogP) is 1.48. The van der Waals surface area contributed by atoms with Gasteiger partial charge in [0.05, 0.1) is 18.0 Å². The van der Waals surface area contributed by atoms with Crippen LogP contribution in [0.4, 0.5) is 0 Å². The van der Waals surface area contributed by atoms with Crippen molar-refractivity contribution in [1.82, 2.24) is 14.8 Å². The zero-order chi connectivity index (χ0) is 12.4. The Morgan fingerprint density at radius 3 is 2.72 bits per heavy atom. The molecule has 18 heavy (non-hydrogen) atoms. The first-order valence-electron chi connectivity index (χ1n) is 6.33. The van der Waals surface area contributed by atoms with Gasteiger partial charge in [0, 0.05) is 5.92 Å². The Morgan fingerprint density at radius 2 is 2.06 bits per heavy atom. The molecule has 4 nitrogen and oxygen atoms in total. The molecule has 5 heteroatoms. The molecule has 1 aromatic carbocycles. The number of quaternary nitrogens is 1. The van der Waals surface area contributed by atoms with Gasteiger partial charge in [0.2, 0.25) is 5.16 Å². The third kappa shape index (κ3) is 2.42. The number of para-hydroxylation sites is 1. The van der Waals surface area contributed by atoms with Gasteiger partial charge in [-0.25, -0.2) is 9.67 Å². The molecule has 0 spiro atoms. The topological polar surface area (TPSA) is 58.4 Å². The number of aromatic nitrogens is 3. The molecule has 1 aliphatic rings. The summed E-state index contributed by atoms with van der Waals surface area (Å²) in [5.41, 5.74) is 4.96. The van der Waals surface area contributed by atoms with Gasteiger partial charge in [-0.15, -0.1) is 5.10 Å². The fourth-order valence-corrected chi connectivity index (χ4v) is 2.52. The number of hydrogen-bond acceptors (Lipinski definition) is 3. The quantitative estimate of drug-likeness (QED) is 0.829. The second kappa shape index (κ2) is 5.12. The summed E-state index contributed by atoms with van der Waals surface area (Å²) in [5, 5.41) is 5.50. The van der Waals surface area contributed by atoms with Gasteiger partial charge in [0.25, 0.3) is 0 Å². The van der Waals surface area contributed by atoms with Crippen molar-refractivity contribution < 1.29 is 5.73 Å². The number of benzene rings is 1. The van der Waals surface area contributed by atoms with E-state index >= 15 is 0 Å². The highest BCUT2D eigenvalue weighted by Crippen LogP contribution is 2.40. The lowest BCUT2D eigenvalue weighted by atomic mass is 10.3. The molecule has 2 aromatic rings. The largest absolute Gasteiger partial charge is 0.357 e.